The predicted octanol–water partition coefficient (Wildman–Crippen LogP) is 4.32. The van der Waals surface area contributed by atoms with E-state index in [1.807, 2.05) is 0 Å². The molecule has 7 nitrogen and oxygen atoms in total. The molecule has 0 bridgehead atoms. The number of hydrogen-bond acceptors (Lipinski definition) is 6. The van der Waals surface area contributed by atoms with Gasteiger partial charge in [-0.3, -0.25) is 9.78 Å². The lowest BCUT2D eigenvalue weighted by Gasteiger charge is -2.37. The molecule has 160 valence electrons. The minimum atomic E-state index is -4.37. The van der Waals surface area contributed by atoms with Gasteiger partial charge in [-0.25, -0.2) is 4.98 Å². The van der Waals surface area contributed by atoms with E-state index in [0.29, 0.717) is 37.2 Å². The van der Waals surface area contributed by atoms with Crippen LogP contribution in [0, 0.1) is 0 Å². The van der Waals surface area contributed by atoms with Crippen molar-refractivity contribution in [1.82, 2.24) is 15.0 Å². The van der Waals surface area contributed by atoms with Crippen LogP contribution in [0.15, 0.2) is 24.7 Å². The monoisotopic (exact) mass is 440 g/mol. The first kappa shape index (κ1) is 20.6. The molecule has 2 aliphatic heterocycles. The lowest BCUT2D eigenvalue weighted by molar-refractivity contribution is -0.152. The summed E-state index contributed by atoms with van der Waals surface area (Å²) in [6.07, 6.45) is 2.45. The highest BCUT2D eigenvalue weighted by Gasteiger charge is 2.45. The zero-order chi connectivity index (χ0) is 21.3. The summed E-state index contributed by atoms with van der Waals surface area (Å²) in [7, 11) is 0. The van der Waals surface area contributed by atoms with Crippen molar-refractivity contribution in [1.29, 1.82) is 0 Å². The van der Waals surface area contributed by atoms with Crippen molar-refractivity contribution in [2.24, 2.45) is 0 Å². The Labute approximate surface area is 176 Å². The van der Waals surface area contributed by atoms with Gasteiger partial charge in [0, 0.05) is 19.5 Å². The summed E-state index contributed by atoms with van der Waals surface area (Å²) in [6, 6.07) is 0.102. The van der Waals surface area contributed by atoms with Crippen LogP contribution in [-0.2, 0) is 4.79 Å². The summed E-state index contributed by atoms with van der Waals surface area (Å²) >= 11 is 6.16. The van der Waals surface area contributed by atoms with Gasteiger partial charge in [-0.15, -0.1) is 0 Å². The smallest absolute Gasteiger partial charge is 0.343 e. The molecule has 1 amide bonds. The first-order chi connectivity index (χ1) is 14.3. The van der Waals surface area contributed by atoms with Crippen LogP contribution in [-0.4, -0.2) is 46.2 Å². The molecule has 0 aromatic carbocycles. The molecule has 0 saturated carbocycles. The van der Waals surface area contributed by atoms with Gasteiger partial charge in [0.05, 0.1) is 30.0 Å². The van der Waals surface area contributed by atoms with E-state index in [9.17, 15) is 18.0 Å². The number of rotatable bonds is 4. The van der Waals surface area contributed by atoms with E-state index in [1.54, 1.807) is 17.2 Å². The van der Waals surface area contributed by atoms with Crippen LogP contribution in [0.4, 0.5) is 36.3 Å². The molecular weight excluding hydrogens is 421 g/mol. The standard InChI is InChI=1S/C19H20ClF3N6O/c20-14-11-25-18(27-17(14)29-6-2-1-4-15(29)19(21,22)23)26-12-8-13(10-24-9-12)28-7-3-5-16(28)30/h8-11,15H,1-7H2,(H,25,26,27). The Morgan fingerprint density at radius 2 is 1.97 bits per heavy atom. The highest BCUT2D eigenvalue weighted by molar-refractivity contribution is 6.32. The van der Waals surface area contributed by atoms with Crippen LogP contribution in [0.5, 0.6) is 0 Å². The van der Waals surface area contributed by atoms with Gasteiger partial charge in [-0.2, -0.15) is 18.2 Å². The van der Waals surface area contributed by atoms with Crippen molar-refractivity contribution in [2.45, 2.75) is 44.3 Å². The van der Waals surface area contributed by atoms with E-state index < -0.39 is 12.2 Å². The quantitative estimate of drug-likeness (QED) is 0.763. The third kappa shape index (κ3) is 4.28. The van der Waals surface area contributed by atoms with E-state index in [2.05, 4.69) is 20.3 Å². The Hall–Kier alpha value is -2.62. The normalized spacial score (nSPS) is 20.0. The maximum Gasteiger partial charge on any atom is 0.408 e. The molecular formula is C19H20ClF3N6O. The molecule has 0 radical (unpaired) electrons. The number of piperidine rings is 1. The van der Waals surface area contributed by atoms with E-state index in [0.717, 1.165) is 6.42 Å². The van der Waals surface area contributed by atoms with Gasteiger partial charge in [-0.1, -0.05) is 11.6 Å². The number of carbonyl (C=O) groups excluding carboxylic acids is 1. The molecule has 1 atom stereocenters. The maximum absolute atomic E-state index is 13.5. The molecule has 0 spiro atoms. The number of alkyl halides is 3. The average Bonchev–Trinajstić information content (AvgIpc) is 3.15. The number of aromatic nitrogens is 3. The van der Waals surface area contributed by atoms with Crippen LogP contribution < -0.4 is 15.1 Å². The molecule has 30 heavy (non-hydrogen) atoms. The van der Waals surface area contributed by atoms with Gasteiger partial charge in [0.1, 0.15) is 11.1 Å². The fourth-order valence-electron chi connectivity index (χ4n) is 3.84. The lowest BCUT2D eigenvalue weighted by Crippen LogP contribution is -2.49. The van der Waals surface area contributed by atoms with Crippen LogP contribution in [0.1, 0.15) is 32.1 Å². The molecule has 2 aromatic heterocycles. The molecule has 0 aliphatic carbocycles. The van der Waals surface area contributed by atoms with Crippen LogP contribution >= 0.6 is 11.6 Å². The number of carbonyl (C=O) groups is 1. The topological polar surface area (TPSA) is 74.2 Å². The van der Waals surface area contributed by atoms with Crippen molar-refractivity contribution in [3.05, 3.63) is 29.7 Å². The van der Waals surface area contributed by atoms with Crippen LogP contribution in [0.25, 0.3) is 0 Å². The van der Waals surface area contributed by atoms with Gasteiger partial charge in [0.15, 0.2) is 5.82 Å². The predicted molar refractivity (Wildman–Crippen MR) is 107 cm³/mol. The Bertz CT molecular complexity index is 941. The number of amides is 1. The Morgan fingerprint density at radius 1 is 1.13 bits per heavy atom. The number of hydrogen-bond donors (Lipinski definition) is 1. The minimum Gasteiger partial charge on any atom is -0.343 e. The molecule has 2 fully saturated rings. The highest BCUT2D eigenvalue weighted by atomic mass is 35.5. The van der Waals surface area contributed by atoms with Gasteiger partial charge < -0.3 is 15.1 Å². The largest absolute Gasteiger partial charge is 0.408 e. The highest BCUT2D eigenvalue weighted by Crippen LogP contribution is 2.37. The minimum absolute atomic E-state index is 0.00240. The number of halogens is 4. The number of pyridine rings is 1. The van der Waals surface area contributed by atoms with Crippen molar-refractivity contribution in [3.8, 4) is 0 Å². The molecule has 2 aromatic rings. The summed E-state index contributed by atoms with van der Waals surface area (Å²) < 4.78 is 40.5. The molecule has 1 unspecified atom stereocenters. The van der Waals surface area contributed by atoms with E-state index in [1.165, 1.54) is 17.3 Å². The van der Waals surface area contributed by atoms with Crippen molar-refractivity contribution < 1.29 is 18.0 Å². The molecule has 2 saturated heterocycles. The van der Waals surface area contributed by atoms with Gasteiger partial charge in [-0.05, 0) is 31.7 Å². The van der Waals surface area contributed by atoms with Crippen LogP contribution in [0.2, 0.25) is 5.02 Å². The third-order valence-electron chi connectivity index (χ3n) is 5.24. The summed E-state index contributed by atoms with van der Waals surface area (Å²) in [4.78, 5) is 27.3. The lowest BCUT2D eigenvalue weighted by atomic mass is 10.0. The van der Waals surface area contributed by atoms with Gasteiger partial charge in [0.25, 0.3) is 0 Å². The van der Waals surface area contributed by atoms with Gasteiger partial charge in [0.2, 0.25) is 11.9 Å². The first-order valence-electron chi connectivity index (χ1n) is 9.71. The van der Waals surface area contributed by atoms with Crippen LogP contribution in [0.3, 0.4) is 0 Å². The second-order valence-electron chi connectivity index (χ2n) is 7.32. The van der Waals surface area contributed by atoms with Gasteiger partial charge >= 0.3 is 6.18 Å². The summed E-state index contributed by atoms with van der Waals surface area (Å²) in [5.41, 5.74) is 1.16. The van der Waals surface area contributed by atoms with E-state index in [-0.39, 0.29) is 35.7 Å². The summed E-state index contributed by atoms with van der Waals surface area (Å²) in [5, 5.41) is 3.01. The Morgan fingerprint density at radius 3 is 2.70 bits per heavy atom. The fraction of sp³-hybridized carbons (Fsp3) is 0.474. The number of nitrogens with one attached hydrogen (secondary N) is 1. The summed E-state index contributed by atoms with van der Waals surface area (Å²) in [6.45, 7) is 0.841. The second-order valence-corrected chi connectivity index (χ2v) is 7.72. The molecule has 11 heteroatoms. The SMILES string of the molecule is O=C1CCCN1c1cncc(Nc2ncc(Cl)c(N3CCCCC3C(F)(F)F)n2)c1. The molecule has 2 aliphatic rings. The third-order valence-corrected chi connectivity index (χ3v) is 5.51. The van der Waals surface area contributed by atoms with E-state index >= 15 is 0 Å². The van der Waals surface area contributed by atoms with Crippen molar-refractivity contribution in [2.75, 3.05) is 28.2 Å². The average molecular weight is 441 g/mol. The number of anilines is 4. The Kier molecular flexibility index (Phi) is 5.68. The molecule has 4 rings (SSSR count). The first-order valence-corrected chi connectivity index (χ1v) is 10.1. The summed E-state index contributed by atoms with van der Waals surface area (Å²) in [5.74, 6) is 0.185. The Balaban J connectivity index is 1.59. The van der Waals surface area contributed by atoms with Crippen molar-refractivity contribution in [3.63, 3.8) is 0 Å². The van der Waals surface area contributed by atoms with Crippen molar-refractivity contribution >= 4 is 40.6 Å². The van der Waals surface area contributed by atoms with E-state index in [4.69, 9.17) is 11.6 Å². The zero-order valence-electron chi connectivity index (χ0n) is 16.0. The molecule has 1 N–H and O–H groups in total. The molecule has 4 heterocycles. The maximum atomic E-state index is 13.5. The zero-order valence-corrected chi connectivity index (χ0v) is 16.7. The fourth-order valence-corrected chi connectivity index (χ4v) is 4.04. The second kappa shape index (κ2) is 8.25. The number of nitrogens with zero attached hydrogens (tertiary/aromatic N) is 5.